The molecule has 232 valence electrons. The molecule has 4 heterocycles. The Morgan fingerprint density at radius 3 is 2.70 bits per heavy atom. The number of alkyl halides is 2. The summed E-state index contributed by atoms with van der Waals surface area (Å²) in [6, 6.07) is 0.914. The van der Waals surface area contributed by atoms with Crippen LogP contribution in [0.4, 0.5) is 13.2 Å². The first-order chi connectivity index (χ1) is 20.2. The van der Waals surface area contributed by atoms with Gasteiger partial charge in [0.25, 0.3) is 5.92 Å². The van der Waals surface area contributed by atoms with E-state index in [0.29, 0.717) is 22.1 Å². The number of hydrogen-bond donors (Lipinski definition) is 2. The van der Waals surface area contributed by atoms with Crippen LogP contribution < -0.4 is 5.32 Å². The van der Waals surface area contributed by atoms with Crippen LogP contribution in [0.2, 0.25) is 5.02 Å². The summed E-state index contributed by atoms with van der Waals surface area (Å²) < 4.78 is 50.5. The largest absolute Gasteiger partial charge is 0.481 e. The number of methoxy groups -OCH3 is 1. The average molecular weight is 641 g/mol. The monoisotopic (exact) mass is 640 g/mol. The molecule has 10 nitrogen and oxygen atoms in total. The van der Waals surface area contributed by atoms with E-state index in [-0.39, 0.29) is 36.7 Å². The summed E-state index contributed by atoms with van der Waals surface area (Å²) in [7, 11) is 2.91. The maximum atomic E-state index is 15.7. The molecule has 3 aliphatic heterocycles. The lowest BCUT2D eigenvalue weighted by atomic mass is 9.89. The summed E-state index contributed by atoms with van der Waals surface area (Å²) >= 11 is 7.71. The van der Waals surface area contributed by atoms with Gasteiger partial charge < -0.3 is 15.2 Å². The first-order valence-electron chi connectivity index (χ1n) is 13.6. The topological polar surface area (TPSA) is 111 Å². The number of nitrogens with one attached hydrogen (secondary N) is 1. The van der Waals surface area contributed by atoms with Gasteiger partial charge in [-0.1, -0.05) is 17.7 Å². The minimum absolute atomic E-state index is 0.0417. The standard InChI is InChI=1S/C28H32ClF3N6O4S/c1-27(2,26(40)41)7-9-38-22-19(13-36(38)3)37(14-28(22,31)32)12-18-20(25(39)42-4)21(16-6-5-15(30)11-17(16)29)35-23(34-18)24-33-8-10-43-24/h5-6,8,10-11,19,21-22H,7,9,12-14H2,1-4H3,(H,34,35)(H,40,41)/t19-,21-,22+/m0/s1. The smallest absolute Gasteiger partial charge is 0.338 e. The van der Waals surface area contributed by atoms with E-state index in [2.05, 4.69) is 10.3 Å². The van der Waals surface area contributed by atoms with E-state index in [0.717, 1.165) is 6.07 Å². The number of likely N-dealkylation sites (N-methyl/N-ethyl adjacent to an activating group) is 1. The number of ether oxygens (including phenoxy) is 1. The zero-order valence-corrected chi connectivity index (χ0v) is 25.6. The van der Waals surface area contributed by atoms with Crippen molar-refractivity contribution in [2.24, 2.45) is 10.4 Å². The molecule has 15 heteroatoms. The number of amidine groups is 1. The van der Waals surface area contributed by atoms with Crippen LogP contribution >= 0.6 is 22.9 Å². The number of hydrazine groups is 1. The Kier molecular flexibility index (Phi) is 8.62. The quantitative estimate of drug-likeness (QED) is 0.396. The van der Waals surface area contributed by atoms with Gasteiger partial charge in [0, 0.05) is 60.6 Å². The number of aliphatic carboxylic acids is 1. The zero-order valence-electron chi connectivity index (χ0n) is 24.0. The Morgan fingerprint density at radius 1 is 1.33 bits per heavy atom. The van der Waals surface area contributed by atoms with E-state index in [1.807, 2.05) is 0 Å². The first-order valence-corrected chi connectivity index (χ1v) is 14.8. The Hall–Kier alpha value is -3.04. The number of benzene rings is 1. The molecule has 0 amide bonds. The van der Waals surface area contributed by atoms with Crippen LogP contribution in [0.3, 0.4) is 0 Å². The van der Waals surface area contributed by atoms with Crippen LogP contribution in [-0.2, 0) is 14.3 Å². The predicted octanol–water partition coefficient (Wildman–Crippen LogP) is 3.81. The van der Waals surface area contributed by atoms with Crippen molar-refractivity contribution in [1.82, 2.24) is 25.2 Å². The van der Waals surface area contributed by atoms with Gasteiger partial charge in [-0.25, -0.2) is 33.0 Å². The van der Waals surface area contributed by atoms with Crippen molar-refractivity contribution in [1.29, 1.82) is 0 Å². The highest BCUT2D eigenvalue weighted by Gasteiger charge is 2.61. The summed E-state index contributed by atoms with van der Waals surface area (Å²) in [5.41, 5.74) is -0.383. The van der Waals surface area contributed by atoms with Crippen molar-refractivity contribution in [2.45, 2.75) is 44.3 Å². The molecular formula is C28H32ClF3N6O4S. The fraction of sp³-hybridized carbons (Fsp3) is 0.500. The second-order valence-electron chi connectivity index (χ2n) is 11.5. The maximum Gasteiger partial charge on any atom is 0.338 e. The van der Waals surface area contributed by atoms with Crippen molar-refractivity contribution >= 4 is 40.7 Å². The summed E-state index contributed by atoms with van der Waals surface area (Å²) in [4.78, 5) is 35.5. The molecule has 0 aliphatic carbocycles. The highest BCUT2D eigenvalue weighted by Crippen LogP contribution is 2.43. The molecule has 0 spiro atoms. The molecule has 0 unspecified atom stereocenters. The van der Waals surface area contributed by atoms with Gasteiger partial charge in [-0.05, 0) is 32.4 Å². The predicted molar refractivity (Wildman–Crippen MR) is 154 cm³/mol. The fourth-order valence-electron chi connectivity index (χ4n) is 5.84. The molecule has 1 aromatic carbocycles. The normalized spacial score (nSPS) is 24.6. The van der Waals surface area contributed by atoms with Gasteiger partial charge in [0.2, 0.25) is 0 Å². The molecule has 1 aromatic heterocycles. The lowest BCUT2D eigenvalue weighted by molar-refractivity contribution is -0.148. The summed E-state index contributed by atoms with van der Waals surface area (Å²) in [5.74, 6) is -5.12. The average Bonchev–Trinajstić information content (AvgIpc) is 3.64. The van der Waals surface area contributed by atoms with Crippen LogP contribution in [0.15, 0.2) is 46.0 Å². The number of aromatic nitrogens is 1. The summed E-state index contributed by atoms with van der Waals surface area (Å²) in [5, 5.41) is 18.2. The SMILES string of the molecule is COC(=O)C1=C(CN2CC(F)(F)[C@H]3[C@@H]2CN(C)N3CCC(C)(C)C(=O)O)NC(c2nccs2)=N[C@H]1c1ccc(F)cc1Cl. The van der Waals surface area contributed by atoms with Crippen LogP contribution in [0, 0.1) is 11.2 Å². The van der Waals surface area contributed by atoms with Gasteiger partial charge in [0.1, 0.15) is 17.9 Å². The van der Waals surface area contributed by atoms with E-state index in [1.54, 1.807) is 47.4 Å². The Morgan fingerprint density at radius 2 is 2.07 bits per heavy atom. The molecule has 0 radical (unpaired) electrons. The summed E-state index contributed by atoms with van der Waals surface area (Å²) in [6.07, 6.45) is 1.77. The van der Waals surface area contributed by atoms with Gasteiger partial charge in [0.15, 0.2) is 10.8 Å². The Bertz CT molecular complexity index is 1470. The lowest BCUT2D eigenvalue weighted by Gasteiger charge is -2.33. The van der Waals surface area contributed by atoms with E-state index < -0.39 is 53.8 Å². The number of rotatable bonds is 9. The van der Waals surface area contributed by atoms with E-state index in [9.17, 15) is 19.1 Å². The first kappa shape index (κ1) is 31.4. The second kappa shape index (κ2) is 11.8. The molecule has 2 fully saturated rings. The number of hydrogen-bond acceptors (Lipinski definition) is 10. The molecular weight excluding hydrogens is 609 g/mol. The molecule has 2 N–H and O–H groups in total. The number of likely N-dealkylation sites (tertiary alicyclic amines) is 1. The number of aliphatic imine (C=N–C) groups is 1. The molecule has 5 rings (SSSR count). The van der Waals surface area contributed by atoms with Gasteiger partial charge in [-0.2, -0.15) is 0 Å². The van der Waals surface area contributed by atoms with Crippen molar-refractivity contribution in [3.8, 4) is 0 Å². The lowest BCUT2D eigenvalue weighted by Crippen LogP contribution is -2.49. The number of halogens is 4. The van der Waals surface area contributed by atoms with Crippen LogP contribution in [-0.4, -0.2) is 101 Å². The van der Waals surface area contributed by atoms with Gasteiger partial charge in [0.05, 0.1) is 24.6 Å². The molecule has 3 atom stereocenters. The third-order valence-electron chi connectivity index (χ3n) is 8.22. The van der Waals surface area contributed by atoms with E-state index >= 15 is 8.78 Å². The van der Waals surface area contributed by atoms with Crippen molar-refractivity contribution < 1.29 is 32.6 Å². The third-order valence-corrected chi connectivity index (χ3v) is 9.33. The number of carbonyl (C=O) groups is 2. The van der Waals surface area contributed by atoms with Crippen molar-refractivity contribution in [2.75, 3.05) is 40.3 Å². The van der Waals surface area contributed by atoms with Crippen LogP contribution in [0.5, 0.6) is 0 Å². The van der Waals surface area contributed by atoms with Crippen LogP contribution in [0.25, 0.3) is 0 Å². The number of esters is 1. The molecule has 0 saturated carbocycles. The second-order valence-corrected chi connectivity index (χ2v) is 12.8. The molecule has 43 heavy (non-hydrogen) atoms. The van der Waals surface area contributed by atoms with E-state index in [1.165, 1.54) is 30.6 Å². The van der Waals surface area contributed by atoms with Crippen molar-refractivity contribution in [3.63, 3.8) is 0 Å². The molecule has 3 aliphatic rings. The van der Waals surface area contributed by atoms with Crippen LogP contribution in [0.1, 0.15) is 36.9 Å². The maximum absolute atomic E-state index is 15.7. The number of carboxylic acid groups (broad SMARTS) is 1. The number of carboxylic acids is 1. The minimum Gasteiger partial charge on any atom is -0.481 e. The molecule has 2 saturated heterocycles. The Balaban J connectivity index is 1.51. The highest BCUT2D eigenvalue weighted by atomic mass is 35.5. The van der Waals surface area contributed by atoms with Crippen molar-refractivity contribution in [3.05, 3.63) is 62.5 Å². The fourth-order valence-corrected chi connectivity index (χ4v) is 6.70. The Labute approximate surface area is 255 Å². The van der Waals surface area contributed by atoms with E-state index in [4.69, 9.17) is 21.3 Å². The number of nitrogens with zero attached hydrogens (tertiary/aromatic N) is 5. The number of fused-ring (bicyclic) bond motifs is 1. The third kappa shape index (κ3) is 6.03. The van der Waals surface area contributed by atoms with Gasteiger partial charge in [-0.3, -0.25) is 14.7 Å². The number of thiazole rings is 1. The highest BCUT2D eigenvalue weighted by molar-refractivity contribution is 7.11. The number of carbonyl (C=O) groups excluding carboxylic acids is 1. The summed E-state index contributed by atoms with van der Waals surface area (Å²) in [6.45, 7) is 2.89. The molecule has 2 aromatic rings. The minimum atomic E-state index is -3.13. The van der Waals surface area contributed by atoms with Gasteiger partial charge in [-0.15, -0.1) is 11.3 Å². The zero-order chi connectivity index (χ0) is 31.3. The van der Waals surface area contributed by atoms with Gasteiger partial charge >= 0.3 is 11.9 Å². The molecule has 0 bridgehead atoms.